The highest BCUT2D eigenvalue weighted by Crippen LogP contribution is 2.12. The summed E-state index contributed by atoms with van der Waals surface area (Å²) in [5.74, 6) is -0.0116. The quantitative estimate of drug-likeness (QED) is 0.525. The Morgan fingerprint density at radius 3 is 2.00 bits per heavy atom. The maximum absolute atomic E-state index is 11.1. The van der Waals surface area contributed by atoms with Gasteiger partial charge >= 0.3 is 0 Å². The normalized spacial score (nSPS) is 14.5. The Morgan fingerprint density at radius 2 is 1.90 bits per heavy atom. The minimum atomic E-state index is -0.340. The molecule has 0 spiro atoms. The fraction of sp³-hybridized carbons (Fsp3) is 0.857. The van der Waals surface area contributed by atoms with Gasteiger partial charge in [-0.05, 0) is 6.92 Å². The summed E-state index contributed by atoms with van der Waals surface area (Å²) in [6, 6.07) is 0. The van der Waals surface area contributed by atoms with Gasteiger partial charge in [-0.25, -0.2) is 0 Å². The molecule has 0 aromatic heterocycles. The fourth-order valence-corrected chi connectivity index (χ4v) is 0.423. The van der Waals surface area contributed by atoms with Crippen LogP contribution in [0.5, 0.6) is 0 Å². The molecule has 0 aliphatic rings. The van der Waals surface area contributed by atoms with E-state index in [1.54, 1.807) is 6.92 Å². The number of hydrogen-bond donors (Lipinski definition) is 2. The van der Waals surface area contributed by atoms with Crippen molar-refractivity contribution < 1.29 is 4.79 Å². The first-order valence-corrected chi connectivity index (χ1v) is 3.40. The Morgan fingerprint density at radius 1 is 1.50 bits per heavy atom. The standard InChI is InChI=1S/C7H16N2O/c1-5(8)9-6(10)7(2,3)4/h5H,8H2,1-4H3,(H,9,10). The van der Waals surface area contributed by atoms with E-state index in [4.69, 9.17) is 5.73 Å². The maximum atomic E-state index is 11.1. The molecule has 0 saturated carbocycles. The van der Waals surface area contributed by atoms with Crippen LogP contribution in [0.2, 0.25) is 0 Å². The average Bonchev–Trinajstić information content (AvgIpc) is 1.60. The van der Waals surface area contributed by atoms with Gasteiger partial charge in [0, 0.05) is 5.41 Å². The van der Waals surface area contributed by atoms with Crippen molar-refractivity contribution in [1.82, 2.24) is 5.32 Å². The number of nitrogens with two attached hydrogens (primary N) is 1. The van der Waals surface area contributed by atoms with E-state index in [0.29, 0.717) is 0 Å². The first-order chi connectivity index (χ1) is 4.34. The number of nitrogens with one attached hydrogen (secondary N) is 1. The van der Waals surface area contributed by atoms with Crippen molar-refractivity contribution in [3.05, 3.63) is 0 Å². The highest BCUT2D eigenvalue weighted by atomic mass is 16.2. The highest BCUT2D eigenvalue weighted by Gasteiger charge is 2.21. The van der Waals surface area contributed by atoms with Crippen LogP contribution in [0.25, 0.3) is 0 Å². The Bertz CT molecular complexity index is 124. The van der Waals surface area contributed by atoms with Crippen LogP contribution < -0.4 is 11.1 Å². The van der Waals surface area contributed by atoms with Crippen LogP contribution in [-0.2, 0) is 4.79 Å². The molecule has 1 atom stereocenters. The summed E-state index contributed by atoms with van der Waals surface area (Å²) >= 11 is 0. The number of amides is 1. The third-order valence-corrected chi connectivity index (χ3v) is 1.04. The molecule has 0 bridgehead atoms. The lowest BCUT2D eigenvalue weighted by molar-refractivity contribution is -0.129. The van der Waals surface area contributed by atoms with Crippen LogP contribution in [0.1, 0.15) is 27.7 Å². The van der Waals surface area contributed by atoms with E-state index in [0.717, 1.165) is 0 Å². The summed E-state index contributed by atoms with van der Waals surface area (Å²) in [6.07, 6.45) is -0.258. The summed E-state index contributed by atoms with van der Waals surface area (Å²) in [7, 11) is 0. The lowest BCUT2D eigenvalue weighted by Gasteiger charge is -2.19. The molecule has 0 aliphatic heterocycles. The molecule has 0 aromatic carbocycles. The predicted molar refractivity (Wildman–Crippen MR) is 41.2 cm³/mol. The number of hydrogen-bond acceptors (Lipinski definition) is 2. The van der Waals surface area contributed by atoms with Gasteiger partial charge in [-0.2, -0.15) is 0 Å². The van der Waals surface area contributed by atoms with Crippen LogP contribution in [0.15, 0.2) is 0 Å². The molecule has 1 unspecified atom stereocenters. The van der Waals surface area contributed by atoms with Crippen LogP contribution in [0.4, 0.5) is 0 Å². The molecule has 60 valence electrons. The van der Waals surface area contributed by atoms with Crippen molar-refractivity contribution in [3.8, 4) is 0 Å². The third kappa shape index (κ3) is 3.45. The van der Waals surface area contributed by atoms with Gasteiger partial charge in [-0.15, -0.1) is 0 Å². The van der Waals surface area contributed by atoms with E-state index in [2.05, 4.69) is 5.32 Å². The molecule has 0 radical (unpaired) electrons. The minimum absolute atomic E-state index is 0.0116. The van der Waals surface area contributed by atoms with Crippen LogP contribution in [0, 0.1) is 5.41 Å². The van der Waals surface area contributed by atoms with Crippen molar-refractivity contribution in [2.75, 3.05) is 0 Å². The van der Waals surface area contributed by atoms with Gasteiger partial charge in [-0.1, -0.05) is 20.8 Å². The molecule has 3 N–H and O–H groups in total. The zero-order valence-corrected chi connectivity index (χ0v) is 7.06. The molecule has 3 nitrogen and oxygen atoms in total. The van der Waals surface area contributed by atoms with Gasteiger partial charge in [0.15, 0.2) is 0 Å². The fourth-order valence-electron chi connectivity index (χ4n) is 0.423. The van der Waals surface area contributed by atoms with Gasteiger partial charge in [0.2, 0.25) is 5.91 Å². The van der Waals surface area contributed by atoms with Crippen LogP contribution >= 0.6 is 0 Å². The molecule has 0 aliphatic carbocycles. The van der Waals surface area contributed by atoms with E-state index in [-0.39, 0.29) is 17.5 Å². The largest absolute Gasteiger partial charge is 0.341 e. The molecule has 0 aromatic rings. The van der Waals surface area contributed by atoms with Crippen molar-refractivity contribution >= 4 is 5.91 Å². The maximum Gasteiger partial charge on any atom is 0.226 e. The van der Waals surface area contributed by atoms with Crippen LogP contribution in [0.3, 0.4) is 0 Å². The Labute approximate surface area is 62.0 Å². The summed E-state index contributed by atoms with van der Waals surface area (Å²) in [5, 5.41) is 2.62. The van der Waals surface area contributed by atoms with Gasteiger partial charge in [0.05, 0.1) is 6.17 Å². The summed E-state index contributed by atoms with van der Waals surface area (Å²) in [6.45, 7) is 7.30. The number of carbonyl (C=O) groups excluding carboxylic acids is 1. The van der Waals surface area contributed by atoms with E-state index >= 15 is 0 Å². The van der Waals surface area contributed by atoms with Crippen molar-refractivity contribution in [2.24, 2.45) is 11.1 Å². The average molecular weight is 144 g/mol. The molecule has 0 fully saturated rings. The SMILES string of the molecule is CC(N)NC(=O)C(C)(C)C. The monoisotopic (exact) mass is 144 g/mol. The van der Waals surface area contributed by atoms with Gasteiger partial charge in [0.25, 0.3) is 0 Å². The first-order valence-electron chi connectivity index (χ1n) is 3.40. The predicted octanol–water partition coefficient (Wildman–Crippen LogP) is 0.453. The molecular weight excluding hydrogens is 128 g/mol. The zero-order chi connectivity index (χ0) is 8.36. The first kappa shape index (κ1) is 9.43. The molecule has 10 heavy (non-hydrogen) atoms. The van der Waals surface area contributed by atoms with Gasteiger partial charge in [0.1, 0.15) is 0 Å². The Kier molecular flexibility index (Phi) is 2.84. The lowest BCUT2D eigenvalue weighted by Crippen LogP contribution is -2.44. The van der Waals surface area contributed by atoms with E-state index < -0.39 is 0 Å². The van der Waals surface area contributed by atoms with Crippen molar-refractivity contribution in [2.45, 2.75) is 33.9 Å². The third-order valence-electron chi connectivity index (χ3n) is 1.04. The summed E-state index contributed by atoms with van der Waals surface area (Å²) < 4.78 is 0. The summed E-state index contributed by atoms with van der Waals surface area (Å²) in [4.78, 5) is 11.1. The molecule has 0 saturated heterocycles. The highest BCUT2D eigenvalue weighted by molar-refractivity contribution is 5.81. The lowest BCUT2D eigenvalue weighted by atomic mass is 9.96. The molecule has 0 rings (SSSR count). The second kappa shape index (κ2) is 3.01. The molecular formula is C7H16N2O. The number of rotatable bonds is 1. The van der Waals surface area contributed by atoms with Crippen molar-refractivity contribution in [1.29, 1.82) is 0 Å². The molecule has 1 amide bonds. The number of carbonyl (C=O) groups is 1. The Balaban J connectivity index is 3.87. The molecule has 0 heterocycles. The van der Waals surface area contributed by atoms with Crippen molar-refractivity contribution in [3.63, 3.8) is 0 Å². The van der Waals surface area contributed by atoms with Crippen LogP contribution in [-0.4, -0.2) is 12.1 Å². The second-order valence-corrected chi connectivity index (χ2v) is 3.51. The van der Waals surface area contributed by atoms with Gasteiger partial charge in [-0.3, -0.25) is 4.79 Å². The molecule has 3 heteroatoms. The topological polar surface area (TPSA) is 55.1 Å². The second-order valence-electron chi connectivity index (χ2n) is 3.51. The van der Waals surface area contributed by atoms with E-state index in [1.807, 2.05) is 20.8 Å². The smallest absolute Gasteiger partial charge is 0.226 e. The Hall–Kier alpha value is -0.570. The zero-order valence-electron chi connectivity index (χ0n) is 7.06. The summed E-state index contributed by atoms with van der Waals surface area (Å²) in [5.41, 5.74) is 5.02. The minimum Gasteiger partial charge on any atom is -0.341 e. The van der Waals surface area contributed by atoms with E-state index in [1.165, 1.54) is 0 Å². The van der Waals surface area contributed by atoms with E-state index in [9.17, 15) is 4.79 Å². The van der Waals surface area contributed by atoms with Gasteiger partial charge < -0.3 is 11.1 Å².